The fraction of sp³-hybridized carbons (Fsp3) is 0.182. The SMILES string of the molecule is C=C(C)C(=O)OCSc1ccccc1. The summed E-state index contributed by atoms with van der Waals surface area (Å²) in [6, 6.07) is 9.79. The molecule has 2 nitrogen and oxygen atoms in total. The van der Waals surface area contributed by atoms with Gasteiger partial charge in [0.1, 0.15) is 5.94 Å². The molecule has 14 heavy (non-hydrogen) atoms. The van der Waals surface area contributed by atoms with Gasteiger partial charge in [0, 0.05) is 10.5 Å². The lowest BCUT2D eigenvalue weighted by Crippen LogP contribution is -2.03. The van der Waals surface area contributed by atoms with Gasteiger partial charge in [0.25, 0.3) is 0 Å². The smallest absolute Gasteiger partial charge is 0.333 e. The number of rotatable bonds is 4. The van der Waals surface area contributed by atoms with Crippen LogP contribution in [0.4, 0.5) is 0 Å². The maximum absolute atomic E-state index is 11.0. The molecule has 0 radical (unpaired) electrons. The van der Waals surface area contributed by atoms with Crippen LogP contribution in [0.15, 0.2) is 47.4 Å². The Bertz CT molecular complexity index is 319. The topological polar surface area (TPSA) is 26.3 Å². The Balaban J connectivity index is 2.29. The minimum absolute atomic E-state index is 0.329. The fourth-order valence-corrected chi connectivity index (χ4v) is 1.44. The van der Waals surface area contributed by atoms with E-state index >= 15 is 0 Å². The van der Waals surface area contributed by atoms with Crippen molar-refractivity contribution in [2.75, 3.05) is 5.94 Å². The molecule has 0 aliphatic rings. The van der Waals surface area contributed by atoms with E-state index < -0.39 is 0 Å². The molecular weight excluding hydrogens is 196 g/mol. The number of carbonyl (C=O) groups excluding carboxylic acids is 1. The highest BCUT2D eigenvalue weighted by Gasteiger charge is 2.02. The molecular formula is C11H12O2S. The van der Waals surface area contributed by atoms with Crippen molar-refractivity contribution >= 4 is 17.7 Å². The third-order valence-corrected chi connectivity index (χ3v) is 2.35. The van der Waals surface area contributed by atoms with E-state index in [0.29, 0.717) is 11.5 Å². The Morgan fingerprint density at radius 3 is 2.64 bits per heavy atom. The zero-order valence-corrected chi connectivity index (χ0v) is 8.84. The van der Waals surface area contributed by atoms with Crippen LogP contribution in [0.5, 0.6) is 0 Å². The van der Waals surface area contributed by atoms with Crippen LogP contribution in [0.1, 0.15) is 6.92 Å². The number of benzene rings is 1. The van der Waals surface area contributed by atoms with E-state index in [2.05, 4.69) is 6.58 Å². The number of hydrogen-bond acceptors (Lipinski definition) is 3. The summed E-state index contributed by atoms with van der Waals surface area (Å²) in [7, 11) is 0. The second-order valence-electron chi connectivity index (χ2n) is 2.79. The summed E-state index contributed by atoms with van der Waals surface area (Å²) in [6.07, 6.45) is 0. The third-order valence-electron chi connectivity index (χ3n) is 1.51. The van der Waals surface area contributed by atoms with Gasteiger partial charge in [-0.1, -0.05) is 36.5 Å². The summed E-state index contributed by atoms with van der Waals surface area (Å²) in [4.78, 5) is 12.1. The molecule has 0 unspecified atom stereocenters. The van der Waals surface area contributed by atoms with Gasteiger partial charge in [0.15, 0.2) is 0 Å². The lowest BCUT2D eigenvalue weighted by Gasteiger charge is -2.03. The molecule has 1 aromatic rings. The monoisotopic (exact) mass is 208 g/mol. The number of ether oxygens (including phenoxy) is 1. The third kappa shape index (κ3) is 3.66. The predicted molar refractivity (Wildman–Crippen MR) is 58.1 cm³/mol. The first kappa shape index (κ1) is 10.9. The molecule has 0 N–H and O–H groups in total. The van der Waals surface area contributed by atoms with Gasteiger partial charge in [-0.2, -0.15) is 0 Å². The molecule has 0 aliphatic carbocycles. The fourth-order valence-electron chi connectivity index (χ4n) is 0.791. The molecule has 1 aromatic carbocycles. The van der Waals surface area contributed by atoms with Crippen molar-refractivity contribution < 1.29 is 9.53 Å². The molecule has 0 aliphatic heterocycles. The molecule has 0 heterocycles. The summed E-state index contributed by atoms with van der Waals surface area (Å²) in [6.45, 7) is 5.13. The molecule has 74 valence electrons. The minimum atomic E-state index is -0.339. The molecule has 0 spiro atoms. The standard InChI is InChI=1S/C11H12O2S/c1-9(2)11(12)13-8-14-10-6-4-3-5-7-10/h3-7H,1,8H2,2H3. The van der Waals surface area contributed by atoms with Crippen molar-refractivity contribution in [3.63, 3.8) is 0 Å². The van der Waals surface area contributed by atoms with E-state index in [1.165, 1.54) is 11.8 Å². The summed E-state index contributed by atoms with van der Waals surface area (Å²) >= 11 is 1.48. The van der Waals surface area contributed by atoms with Crippen LogP contribution in [0, 0.1) is 0 Å². The van der Waals surface area contributed by atoms with Gasteiger partial charge < -0.3 is 4.74 Å². The van der Waals surface area contributed by atoms with Crippen molar-refractivity contribution in [1.29, 1.82) is 0 Å². The second kappa shape index (κ2) is 5.50. The van der Waals surface area contributed by atoms with Gasteiger partial charge in [0.05, 0.1) is 0 Å². The first-order valence-electron chi connectivity index (χ1n) is 4.20. The van der Waals surface area contributed by atoms with Crippen LogP contribution in [0.3, 0.4) is 0 Å². The zero-order chi connectivity index (χ0) is 10.4. The Kier molecular flexibility index (Phi) is 4.26. The highest BCUT2D eigenvalue weighted by molar-refractivity contribution is 7.99. The molecule has 0 amide bonds. The normalized spacial score (nSPS) is 9.50. The molecule has 0 atom stereocenters. The predicted octanol–water partition coefficient (Wildman–Crippen LogP) is 2.86. The molecule has 0 fully saturated rings. The second-order valence-corrected chi connectivity index (χ2v) is 3.78. The van der Waals surface area contributed by atoms with E-state index in [-0.39, 0.29) is 5.97 Å². The maximum atomic E-state index is 11.0. The van der Waals surface area contributed by atoms with E-state index in [0.717, 1.165) is 4.90 Å². The van der Waals surface area contributed by atoms with E-state index in [4.69, 9.17) is 4.74 Å². The van der Waals surface area contributed by atoms with E-state index in [1.807, 2.05) is 30.3 Å². The summed E-state index contributed by atoms with van der Waals surface area (Å²) in [5, 5.41) is 0. The van der Waals surface area contributed by atoms with Crippen LogP contribution in [0.2, 0.25) is 0 Å². The Hall–Kier alpha value is -1.22. The summed E-state index contributed by atoms with van der Waals surface area (Å²) in [5.74, 6) is -0.0103. The van der Waals surface area contributed by atoms with Gasteiger partial charge in [-0.15, -0.1) is 0 Å². The van der Waals surface area contributed by atoms with E-state index in [1.54, 1.807) is 6.92 Å². The average Bonchev–Trinajstić information content (AvgIpc) is 2.19. The summed E-state index contributed by atoms with van der Waals surface area (Å²) in [5.41, 5.74) is 0.429. The first-order valence-corrected chi connectivity index (χ1v) is 5.19. The Labute approximate surface area is 88.0 Å². The van der Waals surface area contributed by atoms with Crippen LogP contribution in [-0.2, 0) is 9.53 Å². The van der Waals surface area contributed by atoms with Gasteiger partial charge >= 0.3 is 5.97 Å². The maximum Gasteiger partial charge on any atom is 0.333 e. The van der Waals surface area contributed by atoms with Gasteiger partial charge in [-0.25, -0.2) is 4.79 Å². The van der Waals surface area contributed by atoms with E-state index in [9.17, 15) is 4.79 Å². The largest absolute Gasteiger partial charge is 0.451 e. The van der Waals surface area contributed by atoms with Crippen LogP contribution in [0.25, 0.3) is 0 Å². The molecule has 0 saturated heterocycles. The van der Waals surface area contributed by atoms with Crippen LogP contribution in [-0.4, -0.2) is 11.9 Å². The van der Waals surface area contributed by atoms with Crippen LogP contribution < -0.4 is 0 Å². The Morgan fingerprint density at radius 1 is 1.43 bits per heavy atom. The lowest BCUT2D eigenvalue weighted by atomic mass is 10.4. The van der Waals surface area contributed by atoms with Crippen molar-refractivity contribution in [2.45, 2.75) is 11.8 Å². The van der Waals surface area contributed by atoms with Crippen molar-refractivity contribution in [3.8, 4) is 0 Å². The zero-order valence-electron chi connectivity index (χ0n) is 8.03. The first-order chi connectivity index (χ1) is 6.70. The minimum Gasteiger partial charge on any atom is -0.451 e. The molecule has 0 bridgehead atoms. The average molecular weight is 208 g/mol. The summed E-state index contributed by atoms with van der Waals surface area (Å²) < 4.78 is 4.93. The Morgan fingerprint density at radius 2 is 2.07 bits per heavy atom. The molecule has 1 rings (SSSR count). The van der Waals surface area contributed by atoms with Gasteiger partial charge in [-0.3, -0.25) is 0 Å². The number of carbonyl (C=O) groups is 1. The van der Waals surface area contributed by atoms with Crippen molar-refractivity contribution in [3.05, 3.63) is 42.5 Å². The number of esters is 1. The molecule has 0 saturated carbocycles. The van der Waals surface area contributed by atoms with Gasteiger partial charge in [-0.05, 0) is 19.1 Å². The van der Waals surface area contributed by atoms with Crippen molar-refractivity contribution in [1.82, 2.24) is 0 Å². The van der Waals surface area contributed by atoms with Gasteiger partial charge in [0.2, 0.25) is 0 Å². The highest BCUT2D eigenvalue weighted by Crippen LogP contribution is 2.17. The molecule has 3 heteroatoms. The highest BCUT2D eigenvalue weighted by atomic mass is 32.2. The lowest BCUT2D eigenvalue weighted by molar-refractivity contribution is -0.136. The number of thioether (sulfide) groups is 1. The quantitative estimate of drug-likeness (QED) is 0.329. The van der Waals surface area contributed by atoms with Crippen molar-refractivity contribution in [2.24, 2.45) is 0 Å². The van der Waals surface area contributed by atoms with Crippen LogP contribution >= 0.6 is 11.8 Å². The molecule has 0 aromatic heterocycles. The number of hydrogen-bond donors (Lipinski definition) is 0.